The summed E-state index contributed by atoms with van der Waals surface area (Å²) in [6.07, 6.45) is 0. The normalized spacial score (nSPS) is 11.7. The highest BCUT2D eigenvalue weighted by Gasteiger charge is 2.19. The van der Waals surface area contributed by atoms with Gasteiger partial charge < -0.3 is 42.3 Å². The summed E-state index contributed by atoms with van der Waals surface area (Å²) >= 11 is 0. The van der Waals surface area contributed by atoms with Crippen molar-refractivity contribution in [2.24, 2.45) is 0 Å². The van der Waals surface area contributed by atoms with Crippen molar-refractivity contribution in [1.82, 2.24) is 0 Å². The molecule has 0 aliphatic rings. The van der Waals surface area contributed by atoms with Gasteiger partial charge in [0.05, 0.1) is 92.5 Å². The van der Waals surface area contributed by atoms with Crippen LogP contribution in [0.2, 0.25) is 19.6 Å². The lowest BCUT2D eigenvalue weighted by Gasteiger charge is -2.17. The quantitative estimate of drug-likeness (QED) is 0.151. The maximum absolute atomic E-state index is 11.5. The van der Waals surface area contributed by atoms with Crippen LogP contribution in [0.3, 0.4) is 0 Å². The van der Waals surface area contributed by atoms with Crippen LogP contribution in [0.1, 0.15) is 0 Å². The summed E-state index contributed by atoms with van der Waals surface area (Å²) in [6.45, 7) is 12.9. The van der Waals surface area contributed by atoms with E-state index in [1.165, 1.54) is 0 Å². The van der Waals surface area contributed by atoms with Crippen LogP contribution in [0.25, 0.3) is 0 Å². The van der Waals surface area contributed by atoms with Crippen molar-refractivity contribution in [3.8, 4) is 0 Å². The summed E-state index contributed by atoms with van der Waals surface area (Å²) in [5.74, 6) is -0.319. The van der Waals surface area contributed by atoms with Gasteiger partial charge in [0.2, 0.25) is 8.32 Å². The van der Waals surface area contributed by atoms with E-state index in [4.69, 9.17) is 42.3 Å². The van der Waals surface area contributed by atoms with Crippen LogP contribution in [-0.2, 0) is 47.1 Å². The van der Waals surface area contributed by atoms with Crippen LogP contribution in [0.4, 0.5) is 0 Å². The number of methoxy groups -OCH3 is 1. The van der Waals surface area contributed by atoms with Crippen molar-refractivity contribution in [1.29, 1.82) is 0 Å². The number of rotatable bonds is 24. The number of ether oxygens (including phenoxy) is 8. The maximum Gasteiger partial charge on any atom is 0.318 e. The van der Waals surface area contributed by atoms with E-state index in [0.29, 0.717) is 92.5 Å². The second-order valence-electron chi connectivity index (χ2n) is 7.31. The Hall–Kier alpha value is -0.633. The minimum Gasteiger partial charge on any atom is -0.518 e. The van der Waals surface area contributed by atoms with Crippen molar-refractivity contribution < 1.29 is 47.1 Å². The monoisotopic (exact) mass is 470 g/mol. The predicted octanol–water partition coefficient (Wildman–Crippen LogP) is 1.13. The largest absolute Gasteiger partial charge is 0.518 e. The highest BCUT2D eigenvalue weighted by Crippen LogP contribution is 2.02. The van der Waals surface area contributed by atoms with Gasteiger partial charge in [-0.05, 0) is 19.6 Å². The molecule has 0 fully saturated rings. The minimum absolute atomic E-state index is 0.0392. The van der Waals surface area contributed by atoms with Crippen LogP contribution >= 0.6 is 0 Å². The summed E-state index contributed by atoms with van der Waals surface area (Å²) in [5.41, 5.74) is 0. The van der Waals surface area contributed by atoms with Crippen LogP contribution in [0.5, 0.6) is 0 Å². The molecule has 0 saturated heterocycles. The number of carbonyl (C=O) groups excluding carboxylic acids is 1. The highest BCUT2D eigenvalue weighted by molar-refractivity contribution is 6.71. The molecular weight excluding hydrogens is 428 g/mol. The van der Waals surface area contributed by atoms with Crippen LogP contribution in [-0.4, -0.2) is 120 Å². The molecule has 0 aromatic heterocycles. The Morgan fingerprint density at radius 1 is 0.516 bits per heavy atom. The van der Waals surface area contributed by atoms with Gasteiger partial charge in [0, 0.05) is 7.11 Å². The molecule has 0 amide bonds. The fourth-order valence-electron chi connectivity index (χ4n) is 1.99. The van der Waals surface area contributed by atoms with Gasteiger partial charge in [-0.2, -0.15) is 0 Å². The molecule has 0 radical (unpaired) electrons. The smallest absolute Gasteiger partial charge is 0.318 e. The fourth-order valence-corrected chi connectivity index (χ4v) is 2.73. The molecule has 0 N–H and O–H groups in total. The lowest BCUT2D eigenvalue weighted by atomic mass is 10.6. The molecule has 31 heavy (non-hydrogen) atoms. The van der Waals surface area contributed by atoms with E-state index >= 15 is 0 Å². The van der Waals surface area contributed by atoms with Crippen LogP contribution in [0, 0.1) is 0 Å². The Bertz CT molecular complexity index is 393. The second kappa shape index (κ2) is 22.6. The molecule has 0 rings (SSSR count). The highest BCUT2D eigenvalue weighted by atomic mass is 28.4. The molecule has 0 aromatic rings. The number of carbonyl (C=O) groups is 1. The van der Waals surface area contributed by atoms with Gasteiger partial charge in [-0.15, -0.1) is 0 Å². The molecule has 0 heterocycles. The SMILES string of the molecule is COCCOCCOCCOCCOCCOCCOCCOCC(=O)O[Si](C)(C)C. The first-order valence-corrected chi connectivity index (χ1v) is 14.1. The summed E-state index contributed by atoms with van der Waals surface area (Å²) in [5, 5.41) is 0. The maximum atomic E-state index is 11.5. The van der Waals surface area contributed by atoms with Crippen molar-refractivity contribution in [2.75, 3.05) is 106 Å². The molecule has 0 atom stereocenters. The van der Waals surface area contributed by atoms with E-state index in [2.05, 4.69) is 0 Å². The average molecular weight is 471 g/mol. The van der Waals surface area contributed by atoms with Gasteiger partial charge in [-0.3, -0.25) is 4.79 Å². The standard InChI is InChI=1S/C20H42O10Si/c1-22-5-6-23-7-8-24-9-10-25-11-12-26-13-14-27-15-16-28-17-18-29-19-20(21)30-31(2,3)4/h5-19H2,1-4H3. The molecule has 0 aliphatic heterocycles. The Kier molecular flexibility index (Phi) is 22.1. The molecule has 0 bridgehead atoms. The first kappa shape index (κ1) is 30.4. The van der Waals surface area contributed by atoms with Gasteiger partial charge in [-0.1, -0.05) is 0 Å². The van der Waals surface area contributed by atoms with Crippen molar-refractivity contribution >= 4 is 14.3 Å². The van der Waals surface area contributed by atoms with Crippen molar-refractivity contribution in [3.05, 3.63) is 0 Å². The molecule has 186 valence electrons. The van der Waals surface area contributed by atoms with E-state index in [1.54, 1.807) is 7.11 Å². The third kappa shape index (κ3) is 27.3. The summed E-state index contributed by atoms with van der Waals surface area (Å²) in [6, 6.07) is 0. The van der Waals surface area contributed by atoms with Gasteiger partial charge in [0.15, 0.2) is 0 Å². The van der Waals surface area contributed by atoms with Crippen LogP contribution < -0.4 is 0 Å². The average Bonchev–Trinajstić information content (AvgIpc) is 2.70. The molecule has 0 aliphatic carbocycles. The molecule has 0 aromatic carbocycles. The topological polar surface area (TPSA) is 100 Å². The van der Waals surface area contributed by atoms with Gasteiger partial charge in [0.1, 0.15) is 6.61 Å². The number of hydrogen-bond donors (Lipinski definition) is 0. The Labute approximate surface area is 187 Å². The van der Waals surface area contributed by atoms with Crippen molar-refractivity contribution in [2.45, 2.75) is 19.6 Å². The van der Waals surface area contributed by atoms with Crippen LogP contribution in [0.15, 0.2) is 0 Å². The minimum atomic E-state index is -1.84. The second-order valence-corrected chi connectivity index (χ2v) is 11.7. The third-order valence-electron chi connectivity index (χ3n) is 3.30. The zero-order chi connectivity index (χ0) is 23.0. The molecule has 0 unspecified atom stereocenters. The summed E-state index contributed by atoms with van der Waals surface area (Å²) in [4.78, 5) is 11.5. The van der Waals surface area contributed by atoms with Gasteiger partial charge in [0.25, 0.3) is 0 Å². The Balaban J connectivity index is 3.10. The first-order chi connectivity index (χ1) is 15.0. The van der Waals surface area contributed by atoms with E-state index < -0.39 is 8.32 Å². The third-order valence-corrected chi connectivity index (χ3v) is 4.14. The van der Waals surface area contributed by atoms with Gasteiger partial charge in [-0.25, -0.2) is 0 Å². The zero-order valence-electron chi connectivity index (χ0n) is 19.7. The molecule has 10 nitrogen and oxygen atoms in total. The van der Waals surface area contributed by atoms with E-state index in [9.17, 15) is 4.79 Å². The molecular formula is C20H42O10Si. The molecule has 0 saturated carbocycles. The molecule has 0 spiro atoms. The molecule has 11 heteroatoms. The number of hydrogen-bond acceptors (Lipinski definition) is 10. The Morgan fingerprint density at radius 2 is 0.806 bits per heavy atom. The van der Waals surface area contributed by atoms with Crippen molar-refractivity contribution in [3.63, 3.8) is 0 Å². The van der Waals surface area contributed by atoms with E-state index in [0.717, 1.165) is 0 Å². The lowest BCUT2D eigenvalue weighted by molar-refractivity contribution is -0.140. The van der Waals surface area contributed by atoms with Gasteiger partial charge >= 0.3 is 5.97 Å². The Morgan fingerprint density at radius 3 is 1.10 bits per heavy atom. The predicted molar refractivity (Wildman–Crippen MR) is 117 cm³/mol. The fraction of sp³-hybridized carbons (Fsp3) is 0.950. The zero-order valence-corrected chi connectivity index (χ0v) is 20.7. The summed E-state index contributed by atoms with van der Waals surface area (Å²) in [7, 11) is -0.204. The first-order valence-electron chi connectivity index (χ1n) is 10.7. The summed E-state index contributed by atoms with van der Waals surface area (Å²) < 4.78 is 47.6. The van der Waals surface area contributed by atoms with E-state index in [1.807, 2.05) is 19.6 Å². The lowest BCUT2D eigenvalue weighted by Crippen LogP contribution is -2.31. The van der Waals surface area contributed by atoms with E-state index in [-0.39, 0.29) is 12.6 Å².